The minimum Gasteiger partial charge on any atom is -0.456 e. The fourth-order valence-electron chi connectivity index (χ4n) is 7.69. The zero-order valence-electron chi connectivity index (χ0n) is 28.9. The van der Waals surface area contributed by atoms with Gasteiger partial charge < -0.3 is 8.83 Å². The predicted octanol–water partition coefficient (Wildman–Crippen LogP) is 13.2. The molecule has 11 aromatic rings. The van der Waals surface area contributed by atoms with Crippen LogP contribution in [0.15, 0.2) is 185 Å². The number of hydrogen-bond donors (Lipinski definition) is 0. The molecule has 0 spiro atoms. The molecule has 0 bridgehead atoms. The standard InChI is InChI=1S/C49H29N3O2/c1-2-10-30(11-3-1)31-20-24-33(25-21-31)47-50-48(52-49(51-47)41-16-8-15-39-38-12-4-6-17-42(38)54-46(39)41)35-27-23-32-22-26-34(28-36(32)29-35)37-14-9-19-44-45(37)40-13-5-7-18-43(40)53-44/h1-29H. The first kappa shape index (κ1) is 30.3. The maximum atomic E-state index is 6.45. The van der Waals surface area contributed by atoms with E-state index in [1.54, 1.807) is 0 Å². The maximum Gasteiger partial charge on any atom is 0.167 e. The lowest BCUT2D eigenvalue weighted by molar-refractivity contribution is 0.669. The molecule has 0 atom stereocenters. The van der Waals surface area contributed by atoms with Gasteiger partial charge in [-0.15, -0.1) is 0 Å². The summed E-state index contributed by atoms with van der Waals surface area (Å²) in [4.78, 5) is 15.4. The topological polar surface area (TPSA) is 65.0 Å². The molecule has 0 saturated heterocycles. The van der Waals surface area contributed by atoms with E-state index in [2.05, 4.69) is 121 Å². The molecule has 5 nitrogen and oxygen atoms in total. The Labute approximate surface area is 309 Å². The number of benzene rings is 8. The van der Waals surface area contributed by atoms with Crippen LogP contribution in [0.2, 0.25) is 0 Å². The Morgan fingerprint density at radius 2 is 0.870 bits per heavy atom. The van der Waals surface area contributed by atoms with Crippen LogP contribution >= 0.6 is 0 Å². The lowest BCUT2D eigenvalue weighted by Gasteiger charge is -2.11. The average Bonchev–Trinajstić information content (AvgIpc) is 3.82. The van der Waals surface area contributed by atoms with Crippen molar-refractivity contribution in [2.45, 2.75) is 0 Å². The molecule has 8 aromatic carbocycles. The molecule has 0 aliphatic rings. The Bertz CT molecular complexity index is 3210. The summed E-state index contributed by atoms with van der Waals surface area (Å²) in [6.07, 6.45) is 0. The summed E-state index contributed by atoms with van der Waals surface area (Å²) in [5.41, 5.74) is 10.5. The van der Waals surface area contributed by atoms with E-state index in [4.69, 9.17) is 23.8 Å². The molecule has 0 aliphatic carbocycles. The van der Waals surface area contributed by atoms with E-state index in [0.29, 0.717) is 17.5 Å². The second-order valence-corrected chi connectivity index (χ2v) is 13.6. The maximum absolute atomic E-state index is 6.45. The third kappa shape index (κ3) is 4.98. The summed E-state index contributed by atoms with van der Waals surface area (Å²) >= 11 is 0. The van der Waals surface area contributed by atoms with Gasteiger partial charge in [-0.2, -0.15) is 0 Å². The molecule has 3 heterocycles. The van der Waals surface area contributed by atoms with Gasteiger partial charge in [0.25, 0.3) is 0 Å². The van der Waals surface area contributed by atoms with Crippen molar-refractivity contribution < 1.29 is 8.83 Å². The van der Waals surface area contributed by atoms with Crippen molar-refractivity contribution in [1.29, 1.82) is 0 Å². The molecule has 5 heteroatoms. The molecule has 0 radical (unpaired) electrons. The van der Waals surface area contributed by atoms with Crippen LogP contribution in [0.3, 0.4) is 0 Å². The van der Waals surface area contributed by atoms with Gasteiger partial charge in [0, 0.05) is 32.7 Å². The Hall–Kier alpha value is -7.37. The third-order valence-electron chi connectivity index (χ3n) is 10.3. The van der Waals surface area contributed by atoms with Crippen LogP contribution in [-0.2, 0) is 0 Å². The fourth-order valence-corrected chi connectivity index (χ4v) is 7.69. The summed E-state index contributed by atoms with van der Waals surface area (Å²) in [7, 11) is 0. The van der Waals surface area contributed by atoms with Crippen molar-refractivity contribution in [3.63, 3.8) is 0 Å². The van der Waals surface area contributed by atoms with Crippen LogP contribution in [0.5, 0.6) is 0 Å². The molecular weight excluding hydrogens is 663 g/mol. The second-order valence-electron chi connectivity index (χ2n) is 13.6. The molecule has 252 valence electrons. The quantitative estimate of drug-likeness (QED) is 0.180. The van der Waals surface area contributed by atoms with Crippen LogP contribution in [0.4, 0.5) is 0 Å². The Morgan fingerprint density at radius 1 is 0.315 bits per heavy atom. The number of rotatable bonds is 5. The molecule has 0 saturated carbocycles. The summed E-state index contributed by atoms with van der Waals surface area (Å²) in [5.74, 6) is 1.74. The van der Waals surface area contributed by atoms with E-state index in [0.717, 1.165) is 93.6 Å². The van der Waals surface area contributed by atoms with Crippen LogP contribution in [0.25, 0.3) is 111 Å². The minimum atomic E-state index is 0.555. The van der Waals surface area contributed by atoms with Crippen molar-refractivity contribution in [2.75, 3.05) is 0 Å². The summed E-state index contributed by atoms with van der Waals surface area (Å²) in [5, 5.41) is 6.53. The molecule has 11 rings (SSSR count). The normalized spacial score (nSPS) is 11.7. The highest BCUT2D eigenvalue weighted by molar-refractivity contribution is 6.13. The van der Waals surface area contributed by atoms with Gasteiger partial charge in [0.2, 0.25) is 0 Å². The SMILES string of the molecule is c1ccc(-c2ccc(-c3nc(-c4ccc5ccc(-c6cccc7oc8ccccc8c67)cc5c4)nc(-c4cccc5c4oc4ccccc45)n3)cc2)cc1. The first-order valence-electron chi connectivity index (χ1n) is 18.0. The average molecular weight is 692 g/mol. The lowest BCUT2D eigenvalue weighted by atomic mass is 9.96. The van der Waals surface area contributed by atoms with Gasteiger partial charge in [-0.05, 0) is 69.4 Å². The number of aromatic nitrogens is 3. The van der Waals surface area contributed by atoms with Gasteiger partial charge in [0.05, 0.1) is 5.56 Å². The smallest absolute Gasteiger partial charge is 0.167 e. The molecule has 0 aliphatic heterocycles. The predicted molar refractivity (Wildman–Crippen MR) is 219 cm³/mol. The van der Waals surface area contributed by atoms with E-state index in [-0.39, 0.29) is 0 Å². The van der Waals surface area contributed by atoms with E-state index < -0.39 is 0 Å². The van der Waals surface area contributed by atoms with Gasteiger partial charge in [-0.25, -0.2) is 15.0 Å². The number of para-hydroxylation sites is 3. The molecule has 54 heavy (non-hydrogen) atoms. The zero-order valence-corrected chi connectivity index (χ0v) is 28.9. The van der Waals surface area contributed by atoms with E-state index >= 15 is 0 Å². The van der Waals surface area contributed by atoms with Gasteiger partial charge in [-0.3, -0.25) is 0 Å². The monoisotopic (exact) mass is 691 g/mol. The number of hydrogen-bond acceptors (Lipinski definition) is 5. The summed E-state index contributed by atoms with van der Waals surface area (Å²) in [6.45, 7) is 0. The Morgan fingerprint density at radius 3 is 1.70 bits per heavy atom. The van der Waals surface area contributed by atoms with Crippen molar-refractivity contribution in [3.05, 3.63) is 176 Å². The number of furan rings is 2. The van der Waals surface area contributed by atoms with Gasteiger partial charge in [0.15, 0.2) is 17.5 Å². The third-order valence-corrected chi connectivity index (χ3v) is 10.3. The lowest BCUT2D eigenvalue weighted by Crippen LogP contribution is -2.00. The zero-order chi connectivity index (χ0) is 35.6. The van der Waals surface area contributed by atoms with Gasteiger partial charge in [0.1, 0.15) is 22.3 Å². The van der Waals surface area contributed by atoms with Crippen molar-refractivity contribution in [1.82, 2.24) is 15.0 Å². The van der Waals surface area contributed by atoms with E-state index in [1.165, 1.54) is 0 Å². The van der Waals surface area contributed by atoms with E-state index in [9.17, 15) is 0 Å². The summed E-state index contributed by atoms with van der Waals surface area (Å²) < 4.78 is 12.7. The number of nitrogens with zero attached hydrogens (tertiary/aromatic N) is 3. The highest BCUT2D eigenvalue weighted by Crippen LogP contribution is 2.39. The highest BCUT2D eigenvalue weighted by atomic mass is 16.3. The number of fused-ring (bicyclic) bond motifs is 7. The van der Waals surface area contributed by atoms with Crippen molar-refractivity contribution in [3.8, 4) is 56.4 Å². The largest absolute Gasteiger partial charge is 0.456 e. The molecule has 0 unspecified atom stereocenters. The highest BCUT2D eigenvalue weighted by Gasteiger charge is 2.18. The first-order chi connectivity index (χ1) is 26.7. The van der Waals surface area contributed by atoms with Crippen LogP contribution in [0, 0.1) is 0 Å². The molecule has 0 fully saturated rings. The molecule has 0 N–H and O–H groups in total. The van der Waals surface area contributed by atoms with Crippen molar-refractivity contribution in [2.24, 2.45) is 0 Å². The molecule has 3 aromatic heterocycles. The minimum absolute atomic E-state index is 0.555. The first-order valence-corrected chi connectivity index (χ1v) is 18.0. The Kier molecular flexibility index (Phi) is 6.79. The van der Waals surface area contributed by atoms with Crippen LogP contribution in [-0.4, -0.2) is 15.0 Å². The fraction of sp³-hybridized carbons (Fsp3) is 0. The second kappa shape index (κ2) is 12.1. The van der Waals surface area contributed by atoms with Crippen LogP contribution < -0.4 is 0 Å². The van der Waals surface area contributed by atoms with Gasteiger partial charge in [-0.1, -0.05) is 140 Å². The molecular formula is C49H29N3O2. The van der Waals surface area contributed by atoms with Crippen LogP contribution in [0.1, 0.15) is 0 Å². The molecule has 0 amide bonds. The van der Waals surface area contributed by atoms with Crippen molar-refractivity contribution >= 4 is 54.6 Å². The Balaban J connectivity index is 1.08. The van der Waals surface area contributed by atoms with Gasteiger partial charge >= 0.3 is 0 Å². The summed E-state index contributed by atoms with van der Waals surface area (Å²) in [6, 6.07) is 60.5. The van der Waals surface area contributed by atoms with E-state index in [1.807, 2.05) is 54.6 Å².